The van der Waals surface area contributed by atoms with Crippen molar-refractivity contribution in [3.8, 4) is 0 Å². The highest BCUT2D eigenvalue weighted by Crippen LogP contribution is 2.28. The van der Waals surface area contributed by atoms with Crippen LogP contribution in [0.4, 0.5) is 15.3 Å². The number of anilines is 1. The van der Waals surface area contributed by atoms with Crippen LogP contribution in [0.5, 0.6) is 0 Å². The number of rotatable bonds is 2. The van der Waals surface area contributed by atoms with Gasteiger partial charge in [-0.1, -0.05) is 23.2 Å². The van der Waals surface area contributed by atoms with Crippen LogP contribution in [0.25, 0.3) is 0 Å². The number of carbonyl (C=O) groups excluding carboxylic acids is 4. The Morgan fingerprint density at radius 1 is 1.05 bits per heavy atom. The minimum Gasteiger partial charge on any atom is -0.335 e. The molecule has 1 fully saturated rings. The molecule has 116 valence electrons. The van der Waals surface area contributed by atoms with E-state index in [0.717, 1.165) is 0 Å². The molecule has 1 aliphatic rings. The fourth-order valence-electron chi connectivity index (χ4n) is 1.85. The van der Waals surface area contributed by atoms with Gasteiger partial charge in [-0.05, 0) is 32.0 Å². The number of hydrogen-bond acceptors (Lipinski definition) is 4. The van der Waals surface area contributed by atoms with Crippen LogP contribution in [-0.4, -0.2) is 34.8 Å². The Kier molecular flexibility index (Phi) is 4.39. The van der Waals surface area contributed by atoms with E-state index in [9.17, 15) is 19.2 Å². The summed E-state index contributed by atoms with van der Waals surface area (Å²) in [6.07, 6.45) is 0. The van der Waals surface area contributed by atoms with Crippen LogP contribution in [-0.2, 0) is 9.59 Å². The Bertz CT molecular complexity index is 670. The Morgan fingerprint density at radius 3 is 2.09 bits per heavy atom. The number of amides is 6. The molecule has 0 aliphatic carbocycles. The Morgan fingerprint density at radius 2 is 1.59 bits per heavy atom. The van der Waals surface area contributed by atoms with Gasteiger partial charge in [0, 0.05) is 16.1 Å². The molecule has 1 aromatic carbocycles. The highest BCUT2D eigenvalue weighted by atomic mass is 35.5. The predicted octanol–water partition coefficient (Wildman–Crippen LogP) is 2.41. The summed E-state index contributed by atoms with van der Waals surface area (Å²) in [5, 5.41) is 2.74. The molecule has 2 rings (SSSR count). The minimum atomic E-state index is -1.24. The lowest BCUT2D eigenvalue weighted by Gasteiger charge is -2.16. The lowest BCUT2D eigenvalue weighted by atomic mass is 10.3. The molecule has 0 aromatic heterocycles. The summed E-state index contributed by atoms with van der Waals surface area (Å²) in [6.45, 7) is 3.30. The number of benzene rings is 1. The lowest BCUT2D eigenvalue weighted by Crippen LogP contribution is -2.46. The first-order valence-electron chi connectivity index (χ1n) is 6.21. The maximum absolute atomic E-state index is 12.2. The topological polar surface area (TPSA) is 86.8 Å². The Balaban J connectivity index is 2.39. The summed E-state index contributed by atoms with van der Waals surface area (Å²) in [5.41, 5.74) is 0.0145. The number of hydrogen-bond donors (Lipinski definition) is 1. The van der Waals surface area contributed by atoms with Crippen molar-refractivity contribution < 1.29 is 19.2 Å². The van der Waals surface area contributed by atoms with Crippen molar-refractivity contribution in [2.45, 2.75) is 19.9 Å². The molecule has 1 aliphatic heterocycles. The van der Waals surface area contributed by atoms with Gasteiger partial charge in [0.2, 0.25) is 0 Å². The molecule has 0 radical (unpaired) electrons. The number of nitrogens with zero attached hydrogens (tertiary/aromatic N) is 2. The van der Waals surface area contributed by atoms with Crippen molar-refractivity contribution in [1.82, 2.24) is 10.2 Å². The molecule has 9 heteroatoms. The molecular weight excluding hydrogens is 333 g/mol. The van der Waals surface area contributed by atoms with E-state index in [-0.39, 0.29) is 26.7 Å². The van der Waals surface area contributed by atoms with E-state index in [0.29, 0.717) is 4.90 Å². The van der Waals surface area contributed by atoms with Crippen molar-refractivity contribution in [1.29, 1.82) is 0 Å². The average molecular weight is 344 g/mol. The molecule has 1 saturated heterocycles. The van der Waals surface area contributed by atoms with Gasteiger partial charge in [0.25, 0.3) is 0 Å². The van der Waals surface area contributed by atoms with Gasteiger partial charge < -0.3 is 5.32 Å². The second kappa shape index (κ2) is 5.94. The Hall–Kier alpha value is -2.12. The number of imide groups is 4. The number of urea groups is 2. The van der Waals surface area contributed by atoms with Crippen molar-refractivity contribution in [3.63, 3.8) is 0 Å². The van der Waals surface area contributed by atoms with Gasteiger partial charge >= 0.3 is 23.9 Å². The molecule has 7 nitrogen and oxygen atoms in total. The van der Waals surface area contributed by atoms with Gasteiger partial charge in [-0.25, -0.2) is 14.5 Å². The van der Waals surface area contributed by atoms with Gasteiger partial charge in [0.05, 0.1) is 5.69 Å². The number of carbonyl (C=O) groups is 4. The van der Waals surface area contributed by atoms with Crippen molar-refractivity contribution in [3.05, 3.63) is 28.2 Å². The summed E-state index contributed by atoms with van der Waals surface area (Å²) in [6, 6.07) is 1.64. The standard InChI is InChI=1S/C13H11Cl2N3O4/c1-6(2)16-12(21)18-11(20)10(19)17(13(18)22)9-4-7(14)3-8(15)5-9/h3-6H,1-2H3,(H,16,21). The fourth-order valence-corrected chi connectivity index (χ4v) is 2.37. The first-order valence-corrected chi connectivity index (χ1v) is 6.97. The third kappa shape index (κ3) is 2.90. The van der Waals surface area contributed by atoms with Crippen LogP contribution in [0.2, 0.25) is 10.0 Å². The van der Waals surface area contributed by atoms with Gasteiger partial charge in [-0.2, -0.15) is 4.90 Å². The van der Waals surface area contributed by atoms with Crippen LogP contribution in [0.15, 0.2) is 18.2 Å². The average Bonchev–Trinajstić information content (AvgIpc) is 2.58. The fraction of sp³-hybridized carbons (Fsp3) is 0.231. The molecule has 0 unspecified atom stereocenters. The number of nitrogens with one attached hydrogen (secondary N) is 1. The summed E-state index contributed by atoms with van der Waals surface area (Å²) in [7, 11) is 0. The zero-order valence-electron chi connectivity index (χ0n) is 11.6. The molecule has 0 spiro atoms. The molecule has 0 bridgehead atoms. The van der Waals surface area contributed by atoms with Crippen LogP contribution >= 0.6 is 23.2 Å². The lowest BCUT2D eigenvalue weighted by molar-refractivity contribution is -0.138. The normalized spacial score (nSPS) is 15.0. The molecule has 22 heavy (non-hydrogen) atoms. The molecule has 0 atom stereocenters. The third-order valence-electron chi connectivity index (χ3n) is 2.69. The SMILES string of the molecule is CC(C)NC(=O)N1C(=O)C(=O)N(c2cc(Cl)cc(Cl)c2)C1=O. The molecule has 0 saturated carbocycles. The summed E-state index contributed by atoms with van der Waals surface area (Å²) in [5.74, 6) is -2.39. The summed E-state index contributed by atoms with van der Waals surface area (Å²) >= 11 is 11.6. The molecular formula is C13H11Cl2N3O4. The van der Waals surface area contributed by atoms with Crippen LogP contribution in [0.1, 0.15) is 13.8 Å². The van der Waals surface area contributed by atoms with Crippen molar-refractivity contribution in [2.75, 3.05) is 4.90 Å². The smallest absolute Gasteiger partial charge is 0.335 e. The van der Waals surface area contributed by atoms with Gasteiger partial charge in [0.15, 0.2) is 0 Å². The van der Waals surface area contributed by atoms with E-state index in [2.05, 4.69) is 5.32 Å². The van der Waals surface area contributed by atoms with E-state index >= 15 is 0 Å². The summed E-state index contributed by atoms with van der Waals surface area (Å²) < 4.78 is 0. The quantitative estimate of drug-likeness (QED) is 0.659. The molecule has 6 amide bonds. The van der Waals surface area contributed by atoms with E-state index < -0.39 is 23.9 Å². The van der Waals surface area contributed by atoms with Gasteiger partial charge in [-0.15, -0.1) is 0 Å². The van der Waals surface area contributed by atoms with E-state index in [1.807, 2.05) is 0 Å². The van der Waals surface area contributed by atoms with Crippen molar-refractivity contribution >= 4 is 52.8 Å². The van der Waals surface area contributed by atoms with Crippen LogP contribution < -0.4 is 10.2 Å². The Labute approximate surface area is 135 Å². The first-order chi connectivity index (χ1) is 10.2. The second-order valence-corrected chi connectivity index (χ2v) is 5.67. The first kappa shape index (κ1) is 16.3. The van der Waals surface area contributed by atoms with Crippen LogP contribution in [0.3, 0.4) is 0 Å². The maximum Gasteiger partial charge on any atom is 0.347 e. The van der Waals surface area contributed by atoms with E-state index in [4.69, 9.17) is 23.2 Å². The minimum absolute atomic E-state index is 0.0145. The van der Waals surface area contributed by atoms with Gasteiger partial charge in [-0.3, -0.25) is 9.59 Å². The maximum atomic E-state index is 12.2. The number of halogens is 2. The highest BCUT2D eigenvalue weighted by molar-refractivity contribution is 6.55. The third-order valence-corrected chi connectivity index (χ3v) is 3.13. The second-order valence-electron chi connectivity index (χ2n) is 4.80. The van der Waals surface area contributed by atoms with E-state index in [1.165, 1.54) is 18.2 Å². The molecule has 1 N–H and O–H groups in total. The van der Waals surface area contributed by atoms with Crippen LogP contribution in [0, 0.1) is 0 Å². The predicted molar refractivity (Wildman–Crippen MR) is 79.9 cm³/mol. The zero-order chi connectivity index (χ0) is 16.6. The van der Waals surface area contributed by atoms with E-state index in [1.54, 1.807) is 13.8 Å². The zero-order valence-corrected chi connectivity index (χ0v) is 13.1. The molecule has 1 aromatic rings. The van der Waals surface area contributed by atoms with Crippen molar-refractivity contribution in [2.24, 2.45) is 0 Å². The largest absolute Gasteiger partial charge is 0.347 e. The molecule has 1 heterocycles. The highest BCUT2D eigenvalue weighted by Gasteiger charge is 2.49. The van der Waals surface area contributed by atoms with Gasteiger partial charge in [0.1, 0.15) is 0 Å². The monoisotopic (exact) mass is 343 g/mol. The summed E-state index contributed by atoms with van der Waals surface area (Å²) in [4.78, 5) is 48.8.